The first-order chi connectivity index (χ1) is 18.7. The number of anilines is 1. The zero-order valence-corrected chi connectivity index (χ0v) is 21.2. The lowest BCUT2D eigenvalue weighted by Gasteiger charge is -2.19. The second kappa shape index (κ2) is 10.8. The molecule has 194 valence electrons. The standard InChI is InChI=1S/C30H31N5O3/c36-20-21-11-12-29-28(15-21)32-33-35(29)14-6-13-34-18-23-16-25(17-24(23)19-34)38-30(37)31-27-10-5-4-9-26(27)22-7-2-1-3-8-22/h1-5,7-12,15,20,23-25H,6,13-14,16-19H2,(H,31,37)/t23-,24+,25+. The number of para-hydroxylation sites is 1. The van der Waals surface area contributed by atoms with Gasteiger partial charge in [-0.05, 0) is 67.5 Å². The molecule has 1 aromatic heterocycles. The van der Waals surface area contributed by atoms with Gasteiger partial charge in [-0.15, -0.1) is 5.10 Å². The van der Waals surface area contributed by atoms with Crippen LogP contribution in [0.15, 0.2) is 72.8 Å². The average Bonchev–Trinajstić information content (AvgIpc) is 3.62. The van der Waals surface area contributed by atoms with Gasteiger partial charge in [0.15, 0.2) is 0 Å². The van der Waals surface area contributed by atoms with Crippen molar-refractivity contribution >= 4 is 29.1 Å². The van der Waals surface area contributed by atoms with Crippen molar-refractivity contribution in [1.29, 1.82) is 0 Å². The molecule has 0 unspecified atom stereocenters. The van der Waals surface area contributed by atoms with E-state index in [2.05, 4.69) is 20.5 Å². The van der Waals surface area contributed by atoms with E-state index in [0.29, 0.717) is 17.4 Å². The number of likely N-dealkylation sites (tertiary alicyclic amines) is 1. The third-order valence-electron chi connectivity index (χ3n) is 7.82. The Morgan fingerprint density at radius 2 is 1.74 bits per heavy atom. The fraction of sp³-hybridized carbons (Fsp3) is 0.333. The summed E-state index contributed by atoms with van der Waals surface area (Å²) in [4.78, 5) is 26.2. The number of aldehydes is 1. The number of hydrogen-bond acceptors (Lipinski definition) is 6. The highest BCUT2D eigenvalue weighted by Crippen LogP contribution is 2.39. The highest BCUT2D eigenvalue weighted by molar-refractivity contribution is 5.91. The molecule has 6 rings (SSSR count). The molecular formula is C30H31N5O3. The maximum Gasteiger partial charge on any atom is 0.411 e. The summed E-state index contributed by atoms with van der Waals surface area (Å²) in [7, 11) is 0. The van der Waals surface area contributed by atoms with Crippen molar-refractivity contribution in [2.45, 2.75) is 31.9 Å². The van der Waals surface area contributed by atoms with Crippen LogP contribution in [-0.2, 0) is 11.3 Å². The number of hydrogen-bond donors (Lipinski definition) is 1. The molecule has 8 nitrogen and oxygen atoms in total. The Morgan fingerprint density at radius 1 is 0.974 bits per heavy atom. The highest BCUT2D eigenvalue weighted by Gasteiger charge is 2.42. The zero-order valence-electron chi connectivity index (χ0n) is 21.2. The molecule has 3 atom stereocenters. The van der Waals surface area contributed by atoms with Crippen LogP contribution in [-0.4, -0.2) is 58.0 Å². The van der Waals surface area contributed by atoms with Gasteiger partial charge in [0.25, 0.3) is 0 Å². The summed E-state index contributed by atoms with van der Waals surface area (Å²) in [6.07, 6.45) is 3.24. The molecule has 2 fully saturated rings. The summed E-state index contributed by atoms with van der Waals surface area (Å²) in [5.41, 5.74) is 5.13. The highest BCUT2D eigenvalue weighted by atomic mass is 16.6. The van der Waals surface area contributed by atoms with Crippen molar-refractivity contribution in [3.05, 3.63) is 78.4 Å². The van der Waals surface area contributed by atoms with Gasteiger partial charge in [0.1, 0.15) is 17.9 Å². The maximum absolute atomic E-state index is 12.7. The Labute approximate surface area is 221 Å². The number of ether oxygens (including phenoxy) is 1. The summed E-state index contributed by atoms with van der Waals surface area (Å²) in [5, 5.41) is 11.4. The van der Waals surface area contributed by atoms with Gasteiger partial charge in [0.05, 0.1) is 11.2 Å². The molecule has 8 heteroatoms. The summed E-state index contributed by atoms with van der Waals surface area (Å²) < 4.78 is 7.77. The van der Waals surface area contributed by atoms with E-state index < -0.39 is 0 Å². The Morgan fingerprint density at radius 3 is 2.53 bits per heavy atom. The molecule has 1 aliphatic heterocycles. The number of aromatic nitrogens is 3. The van der Waals surface area contributed by atoms with Crippen LogP contribution >= 0.6 is 0 Å². The van der Waals surface area contributed by atoms with E-state index in [4.69, 9.17) is 4.74 Å². The lowest BCUT2D eigenvalue weighted by Crippen LogP contribution is -2.27. The van der Waals surface area contributed by atoms with Gasteiger partial charge >= 0.3 is 6.09 Å². The minimum Gasteiger partial charge on any atom is -0.446 e. The molecule has 0 spiro atoms. The number of benzene rings is 3. The van der Waals surface area contributed by atoms with Crippen LogP contribution < -0.4 is 5.32 Å². The minimum absolute atomic E-state index is 0.0335. The van der Waals surface area contributed by atoms with Gasteiger partial charge in [-0.25, -0.2) is 9.48 Å². The van der Waals surface area contributed by atoms with Gasteiger partial charge < -0.3 is 9.64 Å². The van der Waals surface area contributed by atoms with Crippen LogP contribution in [0, 0.1) is 11.8 Å². The van der Waals surface area contributed by atoms with Crippen molar-refractivity contribution in [3.63, 3.8) is 0 Å². The van der Waals surface area contributed by atoms with Gasteiger partial charge in [-0.1, -0.05) is 53.7 Å². The predicted octanol–water partition coefficient (Wildman–Crippen LogP) is 5.26. The van der Waals surface area contributed by atoms with Crippen LogP contribution in [0.25, 0.3) is 22.2 Å². The number of nitrogens with one attached hydrogen (secondary N) is 1. The maximum atomic E-state index is 12.7. The van der Waals surface area contributed by atoms with Crippen LogP contribution in [0.3, 0.4) is 0 Å². The van der Waals surface area contributed by atoms with Crippen LogP contribution in [0.1, 0.15) is 29.6 Å². The molecule has 1 saturated carbocycles. The number of fused-ring (bicyclic) bond motifs is 2. The molecule has 3 aromatic carbocycles. The van der Waals surface area contributed by atoms with Gasteiger partial charge in [-0.2, -0.15) is 0 Å². The minimum atomic E-state index is -0.379. The Bertz CT molecular complexity index is 1420. The van der Waals surface area contributed by atoms with Crippen molar-refractivity contribution in [2.75, 3.05) is 25.0 Å². The first kappa shape index (κ1) is 24.3. The smallest absolute Gasteiger partial charge is 0.411 e. The summed E-state index contributed by atoms with van der Waals surface area (Å²) in [6.45, 7) is 3.88. The van der Waals surface area contributed by atoms with Crippen LogP contribution in [0.2, 0.25) is 0 Å². The molecule has 1 amide bonds. The van der Waals surface area contributed by atoms with Crippen molar-refractivity contribution in [3.8, 4) is 11.1 Å². The van der Waals surface area contributed by atoms with E-state index in [1.807, 2.05) is 65.3 Å². The second-order valence-electron chi connectivity index (χ2n) is 10.3. The number of aryl methyl sites for hydroxylation is 1. The summed E-state index contributed by atoms with van der Waals surface area (Å²) in [5.74, 6) is 1.14. The number of nitrogens with zero attached hydrogens (tertiary/aromatic N) is 4. The van der Waals surface area contributed by atoms with E-state index in [0.717, 1.165) is 79.6 Å². The lowest BCUT2D eigenvalue weighted by molar-refractivity contribution is 0.106. The van der Waals surface area contributed by atoms with E-state index in [-0.39, 0.29) is 12.2 Å². The monoisotopic (exact) mass is 509 g/mol. The fourth-order valence-corrected chi connectivity index (χ4v) is 6.04. The normalized spacial score (nSPS) is 20.9. The van der Waals surface area contributed by atoms with Crippen LogP contribution in [0.4, 0.5) is 10.5 Å². The van der Waals surface area contributed by atoms with Crippen molar-refractivity contribution in [1.82, 2.24) is 19.9 Å². The third kappa shape index (κ3) is 5.17. The summed E-state index contributed by atoms with van der Waals surface area (Å²) in [6, 6.07) is 23.3. The fourth-order valence-electron chi connectivity index (χ4n) is 6.04. The first-order valence-corrected chi connectivity index (χ1v) is 13.3. The Balaban J connectivity index is 0.967. The molecular weight excluding hydrogens is 478 g/mol. The lowest BCUT2D eigenvalue weighted by atomic mass is 10.0. The molecule has 1 aliphatic carbocycles. The van der Waals surface area contributed by atoms with Gasteiger partial charge in [0.2, 0.25) is 0 Å². The molecule has 1 saturated heterocycles. The first-order valence-electron chi connectivity index (χ1n) is 13.3. The SMILES string of the molecule is O=Cc1ccc2c(c1)nnn2CCCN1C[C@H]2C[C@H](OC(=O)Nc3ccccc3-c3ccccc3)C[C@H]2C1. The molecule has 0 bridgehead atoms. The third-order valence-corrected chi connectivity index (χ3v) is 7.82. The molecule has 0 radical (unpaired) electrons. The average molecular weight is 510 g/mol. The molecule has 1 N–H and O–H groups in total. The molecule has 4 aromatic rings. The molecule has 38 heavy (non-hydrogen) atoms. The Hall–Kier alpha value is -4.04. The topological polar surface area (TPSA) is 89.3 Å². The zero-order chi connectivity index (χ0) is 25.9. The van der Waals surface area contributed by atoms with E-state index in [1.165, 1.54) is 0 Å². The number of carbonyl (C=O) groups excluding carboxylic acids is 2. The van der Waals surface area contributed by atoms with Crippen LogP contribution in [0.5, 0.6) is 0 Å². The quantitative estimate of drug-likeness (QED) is 0.326. The number of amides is 1. The van der Waals surface area contributed by atoms with E-state index >= 15 is 0 Å². The molecule has 2 aliphatic rings. The number of rotatable bonds is 8. The molecule has 2 heterocycles. The summed E-state index contributed by atoms with van der Waals surface area (Å²) >= 11 is 0. The van der Waals surface area contributed by atoms with Gasteiger partial charge in [0, 0.05) is 30.8 Å². The predicted molar refractivity (Wildman–Crippen MR) is 146 cm³/mol. The van der Waals surface area contributed by atoms with E-state index in [1.54, 1.807) is 12.1 Å². The van der Waals surface area contributed by atoms with Gasteiger partial charge in [-0.3, -0.25) is 10.1 Å². The second-order valence-corrected chi connectivity index (χ2v) is 10.3. The number of carbonyl (C=O) groups is 2. The largest absolute Gasteiger partial charge is 0.446 e. The Kier molecular flexibility index (Phi) is 6.88. The van der Waals surface area contributed by atoms with Crippen molar-refractivity contribution in [2.24, 2.45) is 11.8 Å². The van der Waals surface area contributed by atoms with Crippen molar-refractivity contribution < 1.29 is 14.3 Å². The van der Waals surface area contributed by atoms with E-state index in [9.17, 15) is 9.59 Å².